The first-order chi connectivity index (χ1) is 40.5. The van der Waals surface area contributed by atoms with Crippen LogP contribution in [0.15, 0.2) is 72.9 Å². The van der Waals surface area contributed by atoms with Crippen LogP contribution in [0.1, 0.15) is 328 Å². The Balaban J connectivity index is 3.95. The van der Waals surface area contributed by atoms with Gasteiger partial charge in [-0.2, -0.15) is 0 Å². The van der Waals surface area contributed by atoms with E-state index in [1.54, 1.807) is 0 Å². The highest BCUT2D eigenvalue weighted by atomic mass is 31.2. The Hall–Kier alpha value is -2.55. The van der Waals surface area contributed by atoms with E-state index in [0.717, 1.165) is 77.0 Å². The summed E-state index contributed by atoms with van der Waals surface area (Å²) in [6.45, 7) is 4.18. The number of likely N-dealkylation sites (N-methyl/N-ethyl adjacent to an activating group) is 1. The van der Waals surface area contributed by atoms with E-state index in [9.17, 15) is 19.0 Å². The topological polar surface area (TPSA) is 111 Å². The standard InChI is InChI=1S/C73H134NO8P/c1-6-8-10-12-14-16-18-20-22-24-26-28-29-30-31-32-33-34-35-36-37-38-39-40-41-42-43-44-45-46-48-50-52-54-56-58-60-62-64-66-73(76)82-71(70-81-83(77,78)80-68-67-74(3,4)5)69-79-72(75)65-63-61-59-57-55-53-51-49-47-27-25-23-21-19-17-15-13-11-9-7-2/h8,10,14,16,20,22,26,28,30-31,33-34,71H,6-7,9,11-13,15,17-19,21,23-25,27,29,32,35-70H2,1-5H3/b10-8-,16-14-,22-20-,28-26-,31-30-,34-33-. The number of carbonyl (C=O) groups excluding carboxylic acids is 2. The smallest absolute Gasteiger partial charge is 0.306 e. The Kier molecular flexibility index (Phi) is 62.0. The second-order valence-corrected chi connectivity index (χ2v) is 26.3. The van der Waals surface area contributed by atoms with Gasteiger partial charge in [-0.1, -0.05) is 324 Å². The van der Waals surface area contributed by atoms with E-state index >= 15 is 0 Å². The maximum atomic E-state index is 12.9. The van der Waals surface area contributed by atoms with Gasteiger partial charge in [0.15, 0.2) is 6.10 Å². The predicted molar refractivity (Wildman–Crippen MR) is 356 cm³/mol. The summed E-state index contributed by atoms with van der Waals surface area (Å²) in [6.07, 6.45) is 85.6. The summed E-state index contributed by atoms with van der Waals surface area (Å²) in [5, 5.41) is 0. The van der Waals surface area contributed by atoms with Crippen LogP contribution in [0.3, 0.4) is 0 Å². The van der Waals surface area contributed by atoms with Gasteiger partial charge in [-0.15, -0.1) is 0 Å². The molecule has 9 nitrogen and oxygen atoms in total. The molecule has 0 rings (SSSR count). The van der Waals surface area contributed by atoms with Crippen LogP contribution in [0.25, 0.3) is 0 Å². The largest absolute Gasteiger partial charge is 0.756 e. The Morgan fingerprint density at radius 2 is 0.687 bits per heavy atom. The molecule has 2 atom stereocenters. The van der Waals surface area contributed by atoms with E-state index in [1.165, 1.54) is 218 Å². The van der Waals surface area contributed by atoms with Gasteiger partial charge in [0.2, 0.25) is 0 Å². The molecule has 0 aromatic carbocycles. The molecular weight excluding hydrogens is 1050 g/mol. The Morgan fingerprint density at radius 3 is 1.02 bits per heavy atom. The molecule has 0 N–H and O–H groups in total. The van der Waals surface area contributed by atoms with Gasteiger partial charge >= 0.3 is 11.9 Å². The molecule has 0 aromatic rings. The van der Waals surface area contributed by atoms with Crippen molar-refractivity contribution >= 4 is 19.8 Å². The molecule has 484 valence electrons. The van der Waals surface area contributed by atoms with E-state index in [0.29, 0.717) is 17.4 Å². The minimum atomic E-state index is -4.64. The highest BCUT2D eigenvalue weighted by Crippen LogP contribution is 2.38. The van der Waals surface area contributed by atoms with Crippen molar-refractivity contribution in [1.82, 2.24) is 0 Å². The van der Waals surface area contributed by atoms with Crippen molar-refractivity contribution in [3.8, 4) is 0 Å². The molecule has 0 saturated heterocycles. The number of unbranched alkanes of at least 4 members (excludes halogenated alkanes) is 39. The maximum absolute atomic E-state index is 12.9. The van der Waals surface area contributed by atoms with Crippen molar-refractivity contribution in [1.29, 1.82) is 0 Å². The number of hydrogen-bond acceptors (Lipinski definition) is 8. The Morgan fingerprint density at radius 1 is 0.386 bits per heavy atom. The first-order valence-corrected chi connectivity index (χ1v) is 36.6. The van der Waals surface area contributed by atoms with Crippen LogP contribution >= 0.6 is 7.82 Å². The van der Waals surface area contributed by atoms with Gasteiger partial charge in [0.1, 0.15) is 19.8 Å². The number of hydrogen-bond donors (Lipinski definition) is 0. The van der Waals surface area contributed by atoms with Crippen LogP contribution in [-0.2, 0) is 32.7 Å². The fraction of sp³-hybridized carbons (Fsp3) is 0.808. The molecule has 83 heavy (non-hydrogen) atoms. The zero-order chi connectivity index (χ0) is 60.5. The highest BCUT2D eigenvalue weighted by molar-refractivity contribution is 7.45. The van der Waals surface area contributed by atoms with Gasteiger partial charge in [-0.25, -0.2) is 0 Å². The number of phosphoric acid groups is 1. The van der Waals surface area contributed by atoms with Crippen molar-refractivity contribution in [2.45, 2.75) is 335 Å². The Labute approximate surface area is 514 Å². The average Bonchev–Trinajstić information content (AvgIpc) is 3.48. The minimum absolute atomic E-state index is 0.0290. The number of nitrogens with zero attached hydrogens (tertiary/aromatic N) is 1. The Bertz CT molecular complexity index is 1630. The van der Waals surface area contributed by atoms with Gasteiger partial charge < -0.3 is 27.9 Å². The molecule has 10 heteroatoms. The highest BCUT2D eigenvalue weighted by Gasteiger charge is 2.22. The van der Waals surface area contributed by atoms with Crippen molar-refractivity contribution in [2.75, 3.05) is 47.5 Å². The monoisotopic (exact) mass is 1180 g/mol. The van der Waals surface area contributed by atoms with E-state index < -0.39 is 26.5 Å². The number of allylic oxidation sites excluding steroid dienone is 12. The molecule has 0 aliphatic rings. The lowest BCUT2D eigenvalue weighted by molar-refractivity contribution is -0.870. The summed E-state index contributed by atoms with van der Waals surface area (Å²) in [7, 11) is 1.18. The molecule has 0 spiro atoms. The summed E-state index contributed by atoms with van der Waals surface area (Å²) in [6, 6.07) is 0. The summed E-state index contributed by atoms with van der Waals surface area (Å²) in [5.41, 5.74) is 0. The molecule has 0 bridgehead atoms. The van der Waals surface area contributed by atoms with Gasteiger partial charge in [0, 0.05) is 12.8 Å². The van der Waals surface area contributed by atoms with Crippen LogP contribution in [0.5, 0.6) is 0 Å². The third-order valence-corrected chi connectivity index (χ3v) is 16.5. The van der Waals surface area contributed by atoms with Crippen molar-refractivity contribution in [2.24, 2.45) is 0 Å². The van der Waals surface area contributed by atoms with Crippen LogP contribution in [0.2, 0.25) is 0 Å². The van der Waals surface area contributed by atoms with E-state index in [4.69, 9.17) is 18.5 Å². The third-order valence-electron chi connectivity index (χ3n) is 15.5. The average molecular weight is 1180 g/mol. The van der Waals surface area contributed by atoms with Gasteiger partial charge in [0.25, 0.3) is 7.82 Å². The van der Waals surface area contributed by atoms with E-state index in [-0.39, 0.29) is 32.0 Å². The molecule has 0 aromatic heterocycles. The van der Waals surface area contributed by atoms with Crippen molar-refractivity contribution in [3.63, 3.8) is 0 Å². The molecule has 0 heterocycles. The first kappa shape index (κ1) is 80.5. The molecule has 0 aliphatic carbocycles. The molecule has 0 amide bonds. The maximum Gasteiger partial charge on any atom is 0.306 e. The number of rotatable bonds is 65. The zero-order valence-electron chi connectivity index (χ0n) is 55.1. The van der Waals surface area contributed by atoms with Crippen molar-refractivity contribution in [3.05, 3.63) is 72.9 Å². The molecule has 0 radical (unpaired) electrons. The van der Waals surface area contributed by atoms with Gasteiger partial charge in [-0.05, 0) is 64.2 Å². The lowest BCUT2D eigenvalue weighted by atomic mass is 10.0. The second-order valence-electron chi connectivity index (χ2n) is 24.9. The van der Waals surface area contributed by atoms with Gasteiger partial charge in [-0.3, -0.25) is 14.2 Å². The number of carbonyl (C=O) groups is 2. The summed E-state index contributed by atoms with van der Waals surface area (Å²) in [5.74, 6) is -0.815. The predicted octanol–water partition coefficient (Wildman–Crippen LogP) is 22.1. The fourth-order valence-corrected chi connectivity index (χ4v) is 10.9. The number of quaternary nitrogens is 1. The molecule has 0 aliphatic heterocycles. The van der Waals surface area contributed by atoms with Crippen LogP contribution in [0, 0.1) is 0 Å². The zero-order valence-corrected chi connectivity index (χ0v) is 56.0. The lowest BCUT2D eigenvalue weighted by Crippen LogP contribution is -2.37. The minimum Gasteiger partial charge on any atom is -0.756 e. The molecule has 0 fully saturated rings. The third kappa shape index (κ3) is 68.4. The SMILES string of the molecule is CC/C=C\C/C=C\C/C=C\C/C=C\C/C=C\C/C=C\CCCCCCCCCCCCCCCCCCCCCCC(=O)OC(COC(=O)CCCCCCCCCCCCCCCCCCCCCC)COP(=O)([O-])OCC[N+](C)(C)C. The van der Waals surface area contributed by atoms with Crippen LogP contribution in [-0.4, -0.2) is 70.0 Å². The fourth-order valence-electron chi connectivity index (χ4n) is 10.1. The van der Waals surface area contributed by atoms with Crippen molar-refractivity contribution < 1.29 is 42.1 Å². The van der Waals surface area contributed by atoms with E-state index in [1.807, 2.05) is 21.1 Å². The summed E-state index contributed by atoms with van der Waals surface area (Å²) < 4.78 is 34.3. The first-order valence-electron chi connectivity index (χ1n) is 35.1. The van der Waals surface area contributed by atoms with Crippen LogP contribution < -0.4 is 4.89 Å². The quantitative estimate of drug-likeness (QED) is 0.0195. The summed E-state index contributed by atoms with van der Waals surface area (Å²) >= 11 is 0. The lowest BCUT2D eigenvalue weighted by Gasteiger charge is -2.28. The van der Waals surface area contributed by atoms with Crippen LogP contribution in [0.4, 0.5) is 0 Å². The summed E-state index contributed by atoms with van der Waals surface area (Å²) in [4.78, 5) is 38.0. The number of esters is 2. The van der Waals surface area contributed by atoms with Gasteiger partial charge in [0.05, 0.1) is 27.7 Å². The molecular formula is C73H134NO8P. The molecule has 0 saturated carbocycles. The second kappa shape index (κ2) is 63.9. The van der Waals surface area contributed by atoms with E-state index in [2.05, 4.69) is 86.8 Å². The molecule has 2 unspecified atom stereocenters. The number of phosphoric ester groups is 1. The number of ether oxygens (including phenoxy) is 2. The normalized spacial score (nSPS) is 13.6.